The second-order valence-corrected chi connectivity index (χ2v) is 6.04. The van der Waals surface area contributed by atoms with Crippen LogP contribution in [0.1, 0.15) is 17.3 Å². The van der Waals surface area contributed by atoms with E-state index in [1.165, 1.54) is 0 Å². The van der Waals surface area contributed by atoms with Crippen LogP contribution in [0.5, 0.6) is 5.75 Å². The molecule has 26 heavy (non-hydrogen) atoms. The molecule has 0 aliphatic carbocycles. The number of rotatable bonds is 9. The predicted molar refractivity (Wildman–Crippen MR) is 101 cm³/mol. The van der Waals surface area contributed by atoms with Gasteiger partial charge in [-0.1, -0.05) is 18.2 Å². The molecule has 2 aromatic carbocycles. The van der Waals surface area contributed by atoms with Crippen molar-refractivity contribution in [3.63, 3.8) is 0 Å². The summed E-state index contributed by atoms with van der Waals surface area (Å²) in [5.41, 5.74) is 0.844. The van der Waals surface area contributed by atoms with E-state index in [1.54, 1.807) is 30.3 Å². The highest BCUT2D eigenvalue weighted by atomic mass is 79.9. The first kappa shape index (κ1) is 19.9. The van der Waals surface area contributed by atoms with Crippen molar-refractivity contribution in [2.45, 2.75) is 6.92 Å². The summed E-state index contributed by atoms with van der Waals surface area (Å²) >= 11 is 3.35. The van der Waals surface area contributed by atoms with Gasteiger partial charge in [-0.2, -0.15) is 0 Å². The molecule has 2 rings (SSSR count). The smallest absolute Gasteiger partial charge is 0.338 e. The van der Waals surface area contributed by atoms with E-state index in [2.05, 4.69) is 21.2 Å². The summed E-state index contributed by atoms with van der Waals surface area (Å²) in [6.07, 6.45) is 0. The molecule has 0 aliphatic rings. The fourth-order valence-corrected chi connectivity index (χ4v) is 2.45. The summed E-state index contributed by atoms with van der Waals surface area (Å²) in [6.45, 7) is 2.83. The van der Waals surface area contributed by atoms with E-state index < -0.39 is 5.97 Å². The average Bonchev–Trinajstić information content (AvgIpc) is 2.64. The van der Waals surface area contributed by atoms with Crippen molar-refractivity contribution in [3.8, 4) is 5.75 Å². The molecule has 1 amide bonds. The Labute approximate surface area is 160 Å². The lowest BCUT2D eigenvalue weighted by Crippen LogP contribution is -2.20. The van der Waals surface area contributed by atoms with Crippen LogP contribution in [-0.4, -0.2) is 38.3 Å². The van der Waals surface area contributed by atoms with Gasteiger partial charge in [0.25, 0.3) is 5.91 Å². The van der Waals surface area contributed by atoms with E-state index in [4.69, 9.17) is 14.2 Å². The first-order chi connectivity index (χ1) is 12.6. The summed E-state index contributed by atoms with van der Waals surface area (Å²) in [4.78, 5) is 24.0. The van der Waals surface area contributed by atoms with E-state index in [0.717, 1.165) is 4.47 Å². The van der Waals surface area contributed by atoms with Gasteiger partial charge >= 0.3 is 5.97 Å². The van der Waals surface area contributed by atoms with Gasteiger partial charge in [0, 0.05) is 12.3 Å². The number of ether oxygens (including phenoxy) is 3. The Hall–Kier alpha value is -2.38. The molecule has 0 spiro atoms. The monoisotopic (exact) mass is 421 g/mol. The highest BCUT2D eigenvalue weighted by Gasteiger charge is 2.10. The number of amides is 1. The Kier molecular flexibility index (Phi) is 8.11. The molecule has 7 heteroatoms. The number of para-hydroxylation sites is 1. The van der Waals surface area contributed by atoms with Crippen LogP contribution in [0, 0.1) is 0 Å². The standard InChI is InChI=1S/C19H20BrNO5/c1-2-24-10-11-25-19(23)14-6-5-7-15(12-14)21-18(22)13-26-17-9-4-3-8-16(17)20/h3-9,12H,2,10-11,13H2,1H3,(H,21,22). The maximum Gasteiger partial charge on any atom is 0.338 e. The second-order valence-electron chi connectivity index (χ2n) is 5.18. The highest BCUT2D eigenvalue weighted by molar-refractivity contribution is 9.10. The van der Waals surface area contributed by atoms with Gasteiger partial charge in [-0.05, 0) is 53.2 Å². The van der Waals surface area contributed by atoms with Crippen molar-refractivity contribution < 1.29 is 23.8 Å². The molecule has 0 unspecified atom stereocenters. The zero-order chi connectivity index (χ0) is 18.8. The van der Waals surface area contributed by atoms with E-state index in [0.29, 0.717) is 30.2 Å². The minimum absolute atomic E-state index is 0.147. The first-order valence-corrected chi connectivity index (χ1v) is 8.91. The summed E-state index contributed by atoms with van der Waals surface area (Å²) in [6, 6.07) is 13.8. The van der Waals surface area contributed by atoms with E-state index in [1.807, 2.05) is 25.1 Å². The molecule has 0 aromatic heterocycles. The van der Waals surface area contributed by atoms with Gasteiger partial charge in [-0.25, -0.2) is 4.79 Å². The van der Waals surface area contributed by atoms with Gasteiger partial charge in [0.15, 0.2) is 6.61 Å². The Balaban J connectivity index is 1.86. The van der Waals surface area contributed by atoms with Gasteiger partial charge in [-0.15, -0.1) is 0 Å². The summed E-state index contributed by atoms with van der Waals surface area (Å²) in [7, 11) is 0. The second kappa shape index (κ2) is 10.6. The fraction of sp³-hybridized carbons (Fsp3) is 0.263. The molecule has 0 heterocycles. The molecule has 0 aliphatic heterocycles. The van der Waals surface area contributed by atoms with Crippen LogP contribution in [-0.2, 0) is 14.3 Å². The minimum atomic E-state index is -0.467. The fourth-order valence-electron chi connectivity index (χ4n) is 2.05. The number of hydrogen-bond acceptors (Lipinski definition) is 5. The van der Waals surface area contributed by atoms with Crippen LogP contribution in [0.25, 0.3) is 0 Å². The van der Waals surface area contributed by atoms with Crippen molar-refractivity contribution in [1.82, 2.24) is 0 Å². The first-order valence-electron chi connectivity index (χ1n) is 8.12. The maximum absolute atomic E-state index is 12.0. The topological polar surface area (TPSA) is 73.9 Å². The van der Waals surface area contributed by atoms with E-state index in [-0.39, 0.29) is 19.1 Å². The molecule has 2 aromatic rings. The third-order valence-electron chi connectivity index (χ3n) is 3.24. The summed E-state index contributed by atoms with van der Waals surface area (Å²) in [5, 5.41) is 2.69. The van der Waals surface area contributed by atoms with Crippen LogP contribution < -0.4 is 10.1 Å². The molecule has 0 fully saturated rings. The van der Waals surface area contributed by atoms with Gasteiger partial charge in [0.05, 0.1) is 16.6 Å². The predicted octanol–water partition coefficient (Wildman–Crippen LogP) is 3.66. The van der Waals surface area contributed by atoms with Crippen molar-refractivity contribution in [2.24, 2.45) is 0 Å². The lowest BCUT2D eigenvalue weighted by Gasteiger charge is -2.10. The summed E-state index contributed by atoms with van der Waals surface area (Å²) in [5.74, 6) is -0.220. The van der Waals surface area contributed by atoms with Crippen molar-refractivity contribution in [3.05, 3.63) is 58.6 Å². The molecule has 0 bridgehead atoms. The number of anilines is 1. The Bertz CT molecular complexity index is 750. The van der Waals surface area contributed by atoms with Crippen molar-refractivity contribution in [2.75, 3.05) is 31.7 Å². The molecule has 1 N–H and O–H groups in total. The molecular formula is C19H20BrNO5. The maximum atomic E-state index is 12.0. The molecule has 0 saturated heterocycles. The van der Waals surface area contributed by atoms with E-state index >= 15 is 0 Å². The molecule has 0 radical (unpaired) electrons. The van der Waals surface area contributed by atoms with Gasteiger partial charge in [0.1, 0.15) is 12.4 Å². The van der Waals surface area contributed by atoms with Crippen LogP contribution in [0.2, 0.25) is 0 Å². The van der Waals surface area contributed by atoms with Crippen molar-refractivity contribution in [1.29, 1.82) is 0 Å². The molecule has 138 valence electrons. The van der Waals surface area contributed by atoms with Crippen LogP contribution in [0.4, 0.5) is 5.69 Å². The Morgan fingerprint density at radius 3 is 2.65 bits per heavy atom. The van der Waals surface area contributed by atoms with Crippen molar-refractivity contribution >= 4 is 33.5 Å². The zero-order valence-corrected chi connectivity index (χ0v) is 16.0. The lowest BCUT2D eigenvalue weighted by atomic mass is 10.2. The number of benzene rings is 2. The van der Waals surface area contributed by atoms with Crippen LogP contribution in [0.3, 0.4) is 0 Å². The largest absolute Gasteiger partial charge is 0.483 e. The number of carbonyl (C=O) groups excluding carboxylic acids is 2. The summed E-state index contributed by atoms with van der Waals surface area (Å²) < 4.78 is 16.4. The Morgan fingerprint density at radius 1 is 1.08 bits per heavy atom. The normalized spacial score (nSPS) is 10.2. The highest BCUT2D eigenvalue weighted by Crippen LogP contribution is 2.23. The van der Waals surface area contributed by atoms with Crippen LogP contribution >= 0.6 is 15.9 Å². The van der Waals surface area contributed by atoms with Gasteiger partial charge in [0.2, 0.25) is 0 Å². The van der Waals surface area contributed by atoms with Gasteiger partial charge in [-0.3, -0.25) is 4.79 Å². The zero-order valence-electron chi connectivity index (χ0n) is 14.4. The van der Waals surface area contributed by atoms with Gasteiger partial charge < -0.3 is 19.5 Å². The number of hydrogen-bond donors (Lipinski definition) is 1. The Morgan fingerprint density at radius 2 is 1.88 bits per heavy atom. The van der Waals surface area contributed by atoms with E-state index in [9.17, 15) is 9.59 Å². The molecule has 0 saturated carbocycles. The van der Waals surface area contributed by atoms with Crippen LogP contribution in [0.15, 0.2) is 53.0 Å². The SMILES string of the molecule is CCOCCOC(=O)c1cccc(NC(=O)COc2ccccc2Br)c1. The third kappa shape index (κ3) is 6.50. The minimum Gasteiger partial charge on any atom is -0.483 e. The third-order valence-corrected chi connectivity index (χ3v) is 3.90. The molecular weight excluding hydrogens is 402 g/mol. The number of nitrogens with one attached hydrogen (secondary N) is 1. The number of esters is 1. The number of carbonyl (C=O) groups is 2. The molecule has 6 nitrogen and oxygen atoms in total. The number of halogens is 1. The lowest BCUT2D eigenvalue weighted by molar-refractivity contribution is -0.118. The average molecular weight is 422 g/mol. The quantitative estimate of drug-likeness (QED) is 0.493. The molecule has 0 atom stereocenters.